The van der Waals surface area contributed by atoms with Crippen LogP contribution in [0.15, 0.2) is 53.7 Å². The van der Waals surface area contributed by atoms with Crippen molar-refractivity contribution in [3.63, 3.8) is 0 Å². The summed E-state index contributed by atoms with van der Waals surface area (Å²) in [5, 5.41) is 16.8. The number of hydrogen-bond acceptors (Lipinski definition) is 9. The molecule has 1 aliphatic heterocycles. The number of nitrogens with zero attached hydrogens (tertiary/aromatic N) is 4. The van der Waals surface area contributed by atoms with Crippen molar-refractivity contribution in [2.45, 2.75) is 11.3 Å². The summed E-state index contributed by atoms with van der Waals surface area (Å²) in [6, 6.07) is 13.8. The Bertz CT molecular complexity index is 1090. The number of benzene rings is 2. The SMILES string of the molecule is COc1ccc(-n2nnnc2SCC(=O)NC(=O)NCC2COc3ccccc3O2)cc1. The first kappa shape index (κ1) is 21.4. The van der Waals surface area contributed by atoms with Crippen LogP contribution in [0.25, 0.3) is 5.69 Å². The number of imide groups is 1. The van der Waals surface area contributed by atoms with Gasteiger partial charge < -0.3 is 19.5 Å². The zero-order chi connectivity index (χ0) is 22.3. The Labute approximate surface area is 187 Å². The number of aromatic nitrogens is 4. The van der Waals surface area contributed by atoms with E-state index in [1.165, 1.54) is 4.68 Å². The molecule has 0 fully saturated rings. The summed E-state index contributed by atoms with van der Waals surface area (Å²) in [7, 11) is 1.58. The minimum atomic E-state index is -0.618. The molecule has 0 bridgehead atoms. The smallest absolute Gasteiger partial charge is 0.321 e. The minimum absolute atomic E-state index is 0.0413. The van der Waals surface area contributed by atoms with Gasteiger partial charge in [-0.1, -0.05) is 23.9 Å². The first-order valence-corrected chi connectivity index (χ1v) is 10.6. The molecule has 3 aromatic rings. The summed E-state index contributed by atoms with van der Waals surface area (Å²) in [5.74, 6) is 1.46. The number of methoxy groups -OCH3 is 1. The van der Waals surface area contributed by atoms with Gasteiger partial charge in [-0.2, -0.15) is 4.68 Å². The van der Waals surface area contributed by atoms with Crippen molar-refractivity contribution in [1.82, 2.24) is 30.8 Å². The Morgan fingerprint density at radius 2 is 1.97 bits per heavy atom. The lowest BCUT2D eigenvalue weighted by atomic mass is 10.2. The van der Waals surface area contributed by atoms with E-state index < -0.39 is 11.9 Å². The van der Waals surface area contributed by atoms with Crippen molar-refractivity contribution in [3.05, 3.63) is 48.5 Å². The van der Waals surface area contributed by atoms with E-state index in [2.05, 4.69) is 26.2 Å². The molecule has 1 unspecified atom stereocenters. The van der Waals surface area contributed by atoms with Crippen LogP contribution in [0.5, 0.6) is 17.2 Å². The summed E-state index contributed by atoms with van der Waals surface area (Å²) in [6.07, 6.45) is -0.353. The number of rotatable bonds is 7. The molecule has 11 nitrogen and oxygen atoms in total. The topological polar surface area (TPSA) is 129 Å². The van der Waals surface area contributed by atoms with E-state index >= 15 is 0 Å². The molecule has 166 valence electrons. The molecule has 32 heavy (non-hydrogen) atoms. The highest BCUT2D eigenvalue weighted by atomic mass is 32.2. The van der Waals surface area contributed by atoms with Crippen molar-refractivity contribution in [3.8, 4) is 22.9 Å². The van der Waals surface area contributed by atoms with Gasteiger partial charge in [0.1, 0.15) is 12.4 Å². The molecule has 2 N–H and O–H groups in total. The standard InChI is InChI=1S/C20H20N6O5S/c1-29-14-8-6-13(7-9-14)26-20(23-24-25-26)32-12-18(27)22-19(28)21-10-15-11-30-16-4-2-3-5-17(16)31-15/h2-9,15H,10-12H2,1H3,(H2,21,22,27,28). The van der Waals surface area contributed by atoms with Crippen LogP contribution in [0, 0.1) is 0 Å². The largest absolute Gasteiger partial charge is 0.497 e. The van der Waals surface area contributed by atoms with E-state index in [9.17, 15) is 9.59 Å². The number of fused-ring (bicyclic) bond motifs is 1. The Hall–Kier alpha value is -3.80. The average molecular weight is 456 g/mol. The highest BCUT2D eigenvalue weighted by Gasteiger charge is 2.21. The van der Waals surface area contributed by atoms with Gasteiger partial charge in [0.25, 0.3) is 0 Å². The maximum absolute atomic E-state index is 12.2. The lowest BCUT2D eigenvalue weighted by molar-refractivity contribution is -0.117. The fourth-order valence-corrected chi connectivity index (χ4v) is 3.55. The Balaban J connectivity index is 1.22. The van der Waals surface area contributed by atoms with E-state index in [1.807, 2.05) is 18.2 Å². The van der Waals surface area contributed by atoms with E-state index in [1.54, 1.807) is 37.4 Å². The number of urea groups is 1. The zero-order valence-corrected chi connectivity index (χ0v) is 17.9. The molecule has 0 saturated carbocycles. The van der Waals surface area contributed by atoms with Crippen LogP contribution in [-0.4, -0.2) is 64.3 Å². The first-order chi connectivity index (χ1) is 15.6. The highest BCUT2D eigenvalue weighted by molar-refractivity contribution is 7.99. The zero-order valence-electron chi connectivity index (χ0n) is 17.1. The van der Waals surface area contributed by atoms with Gasteiger partial charge in [-0.05, 0) is 46.8 Å². The monoisotopic (exact) mass is 456 g/mol. The third-order valence-corrected chi connectivity index (χ3v) is 5.32. The number of ether oxygens (including phenoxy) is 3. The molecular weight excluding hydrogens is 436 g/mol. The number of hydrogen-bond donors (Lipinski definition) is 2. The van der Waals surface area contributed by atoms with Gasteiger partial charge >= 0.3 is 6.03 Å². The Morgan fingerprint density at radius 1 is 1.19 bits per heavy atom. The molecule has 2 aromatic carbocycles. The second-order valence-corrected chi connectivity index (χ2v) is 7.56. The number of carbonyl (C=O) groups excluding carboxylic acids is 2. The predicted octanol–water partition coefficient (Wildman–Crippen LogP) is 1.43. The molecule has 0 radical (unpaired) electrons. The molecule has 3 amide bonds. The minimum Gasteiger partial charge on any atom is -0.497 e. The van der Waals surface area contributed by atoms with E-state index in [-0.39, 0.29) is 18.4 Å². The number of nitrogens with one attached hydrogen (secondary N) is 2. The number of amides is 3. The number of thioether (sulfide) groups is 1. The number of tetrazole rings is 1. The highest BCUT2D eigenvalue weighted by Crippen LogP contribution is 2.30. The second kappa shape index (κ2) is 10.0. The molecule has 0 aliphatic carbocycles. The molecule has 0 saturated heterocycles. The molecule has 1 aliphatic rings. The maximum atomic E-state index is 12.2. The van der Waals surface area contributed by atoms with Crippen molar-refractivity contribution < 1.29 is 23.8 Å². The quantitative estimate of drug-likeness (QED) is 0.507. The Morgan fingerprint density at radius 3 is 2.75 bits per heavy atom. The van der Waals surface area contributed by atoms with Crippen LogP contribution in [0.2, 0.25) is 0 Å². The number of carbonyl (C=O) groups is 2. The van der Waals surface area contributed by atoms with Gasteiger partial charge in [0.15, 0.2) is 17.6 Å². The van der Waals surface area contributed by atoms with Gasteiger partial charge in [0, 0.05) is 0 Å². The van der Waals surface area contributed by atoms with Gasteiger partial charge in [-0.15, -0.1) is 5.10 Å². The van der Waals surface area contributed by atoms with E-state index in [0.29, 0.717) is 34.7 Å². The summed E-state index contributed by atoms with van der Waals surface area (Å²) < 4.78 is 18.0. The van der Waals surface area contributed by atoms with Crippen LogP contribution < -0.4 is 24.8 Å². The Kier molecular flexibility index (Phi) is 6.70. The van der Waals surface area contributed by atoms with Crippen LogP contribution in [-0.2, 0) is 4.79 Å². The van der Waals surface area contributed by atoms with Gasteiger partial charge in [-0.3, -0.25) is 10.1 Å². The molecule has 1 aromatic heterocycles. The third-order valence-electron chi connectivity index (χ3n) is 4.40. The fourth-order valence-electron chi connectivity index (χ4n) is 2.86. The molecule has 12 heteroatoms. The van der Waals surface area contributed by atoms with Crippen molar-refractivity contribution in [2.24, 2.45) is 0 Å². The lowest BCUT2D eigenvalue weighted by Crippen LogP contribution is -2.46. The maximum Gasteiger partial charge on any atom is 0.321 e. The van der Waals surface area contributed by atoms with Crippen molar-refractivity contribution in [1.29, 1.82) is 0 Å². The van der Waals surface area contributed by atoms with Gasteiger partial charge in [0.05, 0.1) is 25.1 Å². The molecule has 0 spiro atoms. The van der Waals surface area contributed by atoms with Gasteiger partial charge in [-0.25, -0.2) is 4.79 Å². The summed E-state index contributed by atoms with van der Waals surface area (Å²) in [4.78, 5) is 24.2. The normalized spacial score (nSPS) is 14.5. The molecule has 4 rings (SSSR count). The van der Waals surface area contributed by atoms with E-state index in [4.69, 9.17) is 14.2 Å². The molecule has 1 atom stereocenters. The molecular formula is C20H20N6O5S. The predicted molar refractivity (Wildman–Crippen MR) is 114 cm³/mol. The van der Waals surface area contributed by atoms with Crippen molar-refractivity contribution >= 4 is 23.7 Å². The summed E-state index contributed by atoms with van der Waals surface area (Å²) in [6.45, 7) is 0.491. The van der Waals surface area contributed by atoms with Crippen LogP contribution in [0.3, 0.4) is 0 Å². The van der Waals surface area contributed by atoms with Crippen LogP contribution in [0.1, 0.15) is 0 Å². The van der Waals surface area contributed by atoms with E-state index in [0.717, 1.165) is 11.8 Å². The first-order valence-electron chi connectivity index (χ1n) is 9.64. The number of para-hydroxylation sites is 2. The van der Waals surface area contributed by atoms with Crippen LogP contribution in [0.4, 0.5) is 4.79 Å². The third kappa shape index (κ3) is 5.27. The summed E-state index contributed by atoms with van der Waals surface area (Å²) in [5.41, 5.74) is 0.715. The molecule has 2 heterocycles. The second-order valence-electron chi connectivity index (χ2n) is 6.62. The van der Waals surface area contributed by atoms with Gasteiger partial charge in [0.2, 0.25) is 11.1 Å². The lowest BCUT2D eigenvalue weighted by Gasteiger charge is -2.26. The summed E-state index contributed by atoms with van der Waals surface area (Å²) >= 11 is 1.11. The van der Waals surface area contributed by atoms with Crippen molar-refractivity contribution in [2.75, 3.05) is 26.0 Å². The van der Waals surface area contributed by atoms with Crippen LogP contribution >= 0.6 is 11.8 Å². The average Bonchev–Trinajstić information content (AvgIpc) is 3.30. The fraction of sp³-hybridized carbons (Fsp3) is 0.250.